The lowest BCUT2D eigenvalue weighted by molar-refractivity contribution is -0.380. The number of nitrogens with one attached hydrogen (secondary N) is 1. The van der Waals surface area contributed by atoms with E-state index in [9.17, 15) is 14.9 Å². The fourth-order valence-corrected chi connectivity index (χ4v) is 2.59. The summed E-state index contributed by atoms with van der Waals surface area (Å²) in [5.41, 5.74) is 0. The third kappa shape index (κ3) is 4.08. The molecule has 94 valence electrons. The Morgan fingerprint density at radius 2 is 2.35 bits per heavy atom. The Hall–Kier alpha value is -0.950. The first-order chi connectivity index (χ1) is 8.08. The molecule has 0 saturated carbocycles. The Labute approximate surface area is 111 Å². The number of hydrogen-bond donors (Lipinski definition) is 1. The average molecular weight is 321 g/mol. The van der Waals surface area contributed by atoms with Crippen LogP contribution in [0.25, 0.3) is 0 Å². The van der Waals surface area contributed by atoms with E-state index in [0.717, 1.165) is 29.5 Å². The van der Waals surface area contributed by atoms with Gasteiger partial charge in [-0.3, -0.25) is 14.9 Å². The van der Waals surface area contributed by atoms with Crippen LogP contribution in [0, 0.1) is 10.1 Å². The van der Waals surface area contributed by atoms with Gasteiger partial charge in [-0.25, -0.2) is 0 Å². The van der Waals surface area contributed by atoms with Crippen LogP contribution in [0.15, 0.2) is 12.1 Å². The minimum atomic E-state index is -0.489. The monoisotopic (exact) mass is 320 g/mol. The van der Waals surface area contributed by atoms with E-state index in [4.69, 9.17) is 0 Å². The Balaban J connectivity index is 2.65. The Morgan fingerprint density at radius 3 is 2.82 bits per heavy atom. The molecule has 1 amide bonds. The molecule has 0 aliphatic carbocycles. The fraction of sp³-hybridized carbons (Fsp3) is 0.500. The molecule has 5 nitrogen and oxygen atoms in total. The second kappa shape index (κ2) is 6.70. The van der Waals surface area contributed by atoms with Crippen LogP contribution in [0.2, 0.25) is 0 Å². The van der Waals surface area contributed by atoms with Crippen molar-refractivity contribution >= 4 is 38.2 Å². The van der Waals surface area contributed by atoms with E-state index in [1.54, 1.807) is 0 Å². The summed E-state index contributed by atoms with van der Waals surface area (Å²) >= 11 is 4.22. The third-order valence-corrected chi connectivity index (χ3v) is 3.77. The smallest absolute Gasteiger partial charge is 0.324 e. The molecule has 1 unspecified atom stereocenters. The van der Waals surface area contributed by atoms with Crippen molar-refractivity contribution in [3.63, 3.8) is 0 Å². The van der Waals surface area contributed by atoms with Crippen molar-refractivity contribution in [2.24, 2.45) is 0 Å². The largest absolute Gasteiger partial charge is 0.349 e. The van der Waals surface area contributed by atoms with Gasteiger partial charge in [0, 0.05) is 17.4 Å². The Bertz CT molecular complexity index is 408. The van der Waals surface area contributed by atoms with E-state index in [1.165, 1.54) is 12.1 Å². The highest BCUT2D eigenvalue weighted by Gasteiger charge is 2.17. The van der Waals surface area contributed by atoms with Crippen LogP contribution in [0.5, 0.6) is 0 Å². The van der Waals surface area contributed by atoms with E-state index in [-0.39, 0.29) is 17.0 Å². The zero-order valence-electron chi connectivity index (χ0n) is 9.31. The van der Waals surface area contributed by atoms with Crippen molar-refractivity contribution in [3.8, 4) is 0 Å². The van der Waals surface area contributed by atoms with E-state index in [2.05, 4.69) is 21.2 Å². The summed E-state index contributed by atoms with van der Waals surface area (Å²) in [6.45, 7) is 1.99. The molecule has 0 aliphatic rings. The lowest BCUT2D eigenvalue weighted by Gasteiger charge is -2.14. The van der Waals surface area contributed by atoms with Gasteiger partial charge in [-0.2, -0.15) is 0 Å². The van der Waals surface area contributed by atoms with Crippen molar-refractivity contribution in [2.75, 3.05) is 5.33 Å². The molecule has 0 bridgehead atoms. The number of nitro groups is 1. The zero-order valence-corrected chi connectivity index (χ0v) is 11.7. The molecule has 1 N–H and O–H groups in total. The summed E-state index contributed by atoms with van der Waals surface area (Å²) in [5.74, 6) is -0.240. The van der Waals surface area contributed by atoms with Crippen molar-refractivity contribution in [2.45, 2.75) is 25.8 Å². The number of hydrogen-bond acceptors (Lipinski definition) is 4. The molecule has 0 spiro atoms. The molecule has 0 saturated heterocycles. The number of carbonyl (C=O) groups excluding carboxylic acids is 1. The van der Waals surface area contributed by atoms with Crippen molar-refractivity contribution in [1.82, 2.24) is 5.32 Å². The quantitative estimate of drug-likeness (QED) is 0.497. The second-order valence-corrected chi connectivity index (χ2v) is 5.31. The van der Waals surface area contributed by atoms with Gasteiger partial charge < -0.3 is 5.32 Å². The van der Waals surface area contributed by atoms with Crippen molar-refractivity contribution < 1.29 is 9.72 Å². The van der Waals surface area contributed by atoms with E-state index >= 15 is 0 Å². The van der Waals surface area contributed by atoms with Gasteiger partial charge in [-0.05, 0) is 18.9 Å². The molecule has 0 aromatic carbocycles. The number of amides is 1. The maximum Gasteiger partial charge on any atom is 0.324 e. The fourth-order valence-electron chi connectivity index (χ4n) is 1.31. The SMILES string of the molecule is CCC(CCBr)NC(=O)c1ccc([N+](=O)[O-])s1. The van der Waals surface area contributed by atoms with Gasteiger partial charge in [0.15, 0.2) is 0 Å². The lowest BCUT2D eigenvalue weighted by atomic mass is 10.2. The predicted octanol–water partition coefficient (Wildman–Crippen LogP) is 2.95. The highest BCUT2D eigenvalue weighted by atomic mass is 79.9. The molecule has 17 heavy (non-hydrogen) atoms. The van der Waals surface area contributed by atoms with Crippen LogP contribution in [0.4, 0.5) is 5.00 Å². The lowest BCUT2D eigenvalue weighted by Crippen LogP contribution is -2.34. The number of halogens is 1. The molecule has 0 aliphatic heterocycles. The number of nitrogens with zero attached hydrogens (tertiary/aromatic N) is 1. The minimum absolute atomic E-state index is 0.0105. The summed E-state index contributed by atoms with van der Waals surface area (Å²) in [6.07, 6.45) is 1.68. The van der Waals surface area contributed by atoms with Crippen LogP contribution in [0.1, 0.15) is 29.4 Å². The average Bonchev–Trinajstić information content (AvgIpc) is 2.77. The summed E-state index contributed by atoms with van der Waals surface area (Å²) in [4.78, 5) is 22.2. The molecule has 7 heteroatoms. The van der Waals surface area contributed by atoms with Crippen molar-refractivity contribution in [3.05, 3.63) is 27.1 Å². The number of alkyl halides is 1. The van der Waals surface area contributed by atoms with Crippen LogP contribution in [-0.2, 0) is 0 Å². The first-order valence-corrected chi connectivity index (χ1v) is 7.13. The first-order valence-electron chi connectivity index (χ1n) is 5.19. The van der Waals surface area contributed by atoms with Crippen molar-refractivity contribution in [1.29, 1.82) is 0 Å². The maximum atomic E-state index is 11.8. The first kappa shape index (κ1) is 14.1. The second-order valence-electron chi connectivity index (χ2n) is 3.45. The van der Waals surface area contributed by atoms with Gasteiger partial charge in [0.2, 0.25) is 0 Å². The number of thiophene rings is 1. The van der Waals surface area contributed by atoms with Crippen LogP contribution >= 0.6 is 27.3 Å². The molecule has 0 radical (unpaired) electrons. The van der Waals surface area contributed by atoms with Gasteiger partial charge in [-0.15, -0.1) is 0 Å². The van der Waals surface area contributed by atoms with E-state index in [1.807, 2.05) is 6.92 Å². The topological polar surface area (TPSA) is 72.2 Å². The van der Waals surface area contributed by atoms with E-state index < -0.39 is 4.92 Å². The molecule has 1 rings (SSSR count). The predicted molar refractivity (Wildman–Crippen MR) is 70.9 cm³/mol. The van der Waals surface area contributed by atoms with E-state index in [0.29, 0.717) is 4.88 Å². The van der Waals surface area contributed by atoms with Gasteiger partial charge in [0.1, 0.15) is 0 Å². The highest BCUT2D eigenvalue weighted by molar-refractivity contribution is 9.09. The molecule has 1 heterocycles. The molecule has 1 aromatic rings. The minimum Gasteiger partial charge on any atom is -0.349 e. The molecule has 1 aromatic heterocycles. The van der Waals surface area contributed by atoms with Crippen LogP contribution < -0.4 is 5.32 Å². The highest BCUT2D eigenvalue weighted by Crippen LogP contribution is 2.23. The standard InChI is InChI=1S/C10H13BrN2O3S/c1-2-7(5-6-11)12-10(14)8-3-4-9(17-8)13(15)16/h3-4,7H,2,5-6H2,1H3,(H,12,14). The summed E-state index contributed by atoms with van der Waals surface area (Å²) < 4.78 is 0. The van der Waals surface area contributed by atoms with Crippen LogP contribution in [-0.4, -0.2) is 22.2 Å². The zero-order chi connectivity index (χ0) is 12.8. The summed E-state index contributed by atoms with van der Waals surface area (Å²) in [6, 6.07) is 2.94. The van der Waals surface area contributed by atoms with Gasteiger partial charge in [0.25, 0.3) is 5.91 Å². The summed E-state index contributed by atoms with van der Waals surface area (Å²) in [7, 11) is 0. The van der Waals surface area contributed by atoms with Gasteiger partial charge >= 0.3 is 5.00 Å². The Morgan fingerprint density at radius 1 is 1.65 bits per heavy atom. The molecular weight excluding hydrogens is 308 g/mol. The van der Waals surface area contributed by atoms with Gasteiger partial charge in [-0.1, -0.05) is 34.2 Å². The third-order valence-electron chi connectivity index (χ3n) is 2.28. The summed E-state index contributed by atoms with van der Waals surface area (Å²) in [5, 5.41) is 14.2. The Kier molecular flexibility index (Phi) is 5.57. The number of carbonyl (C=O) groups is 1. The molecular formula is C10H13BrN2O3S. The maximum absolute atomic E-state index is 11.8. The molecule has 0 fully saturated rings. The molecule has 1 atom stereocenters. The van der Waals surface area contributed by atoms with Gasteiger partial charge in [0.05, 0.1) is 9.80 Å². The normalized spacial score (nSPS) is 12.1. The number of rotatable bonds is 6. The van der Waals surface area contributed by atoms with Crippen LogP contribution in [0.3, 0.4) is 0 Å².